The SMILES string of the molecule is O=C(NC1CN2CCC1C2)c1ccc2cocc2c1. The molecule has 1 N–H and O–H groups in total. The molecule has 2 aliphatic heterocycles. The van der Waals surface area contributed by atoms with Crippen molar-refractivity contribution < 1.29 is 9.21 Å². The molecule has 2 saturated heterocycles. The molecule has 3 heterocycles. The van der Waals surface area contributed by atoms with E-state index >= 15 is 0 Å². The Kier molecular flexibility index (Phi) is 2.38. The van der Waals surface area contributed by atoms with Crippen molar-refractivity contribution in [2.45, 2.75) is 12.5 Å². The van der Waals surface area contributed by atoms with Gasteiger partial charge in [-0.3, -0.25) is 4.79 Å². The van der Waals surface area contributed by atoms with Gasteiger partial charge in [0, 0.05) is 35.5 Å². The molecule has 4 heteroatoms. The monoisotopic (exact) mass is 256 g/mol. The lowest BCUT2D eigenvalue weighted by molar-refractivity contribution is 0.0924. The van der Waals surface area contributed by atoms with Gasteiger partial charge in [0.15, 0.2) is 0 Å². The van der Waals surface area contributed by atoms with E-state index < -0.39 is 0 Å². The average Bonchev–Trinajstić information content (AvgIpc) is 3.13. The van der Waals surface area contributed by atoms with E-state index in [1.807, 2.05) is 18.2 Å². The molecular weight excluding hydrogens is 240 g/mol. The summed E-state index contributed by atoms with van der Waals surface area (Å²) in [7, 11) is 0. The maximum atomic E-state index is 12.3. The minimum atomic E-state index is 0.0295. The zero-order valence-electron chi connectivity index (χ0n) is 10.6. The van der Waals surface area contributed by atoms with Gasteiger partial charge in [-0.15, -0.1) is 0 Å². The third kappa shape index (κ3) is 1.83. The first-order valence-corrected chi connectivity index (χ1v) is 6.79. The molecule has 2 aliphatic rings. The molecule has 4 rings (SSSR count). The van der Waals surface area contributed by atoms with Crippen LogP contribution in [0.25, 0.3) is 10.8 Å². The molecule has 1 aromatic heterocycles. The second-order valence-corrected chi connectivity index (χ2v) is 5.60. The zero-order valence-corrected chi connectivity index (χ0v) is 10.6. The van der Waals surface area contributed by atoms with Crippen LogP contribution in [-0.2, 0) is 0 Å². The van der Waals surface area contributed by atoms with Crippen molar-refractivity contribution >= 4 is 16.7 Å². The van der Waals surface area contributed by atoms with Gasteiger partial charge >= 0.3 is 0 Å². The minimum absolute atomic E-state index is 0.0295. The summed E-state index contributed by atoms with van der Waals surface area (Å²) >= 11 is 0. The number of hydrogen-bond acceptors (Lipinski definition) is 3. The van der Waals surface area contributed by atoms with E-state index in [9.17, 15) is 4.79 Å². The summed E-state index contributed by atoms with van der Waals surface area (Å²) in [6, 6.07) is 6.00. The van der Waals surface area contributed by atoms with Gasteiger partial charge in [-0.2, -0.15) is 0 Å². The van der Waals surface area contributed by atoms with Gasteiger partial charge in [-0.1, -0.05) is 6.07 Å². The molecular formula is C15H16N2O2. The van der Waals surface area contributed by atoms with Crippen molar-refractivity contribution in [3.63, 3.8) is 0 Å². The summed E-state index contributed by atoms with van der Waals surface area (Å²) in [5, 5.41) is 5.18. The van der Waals surface area contributed by atoms with E-state index in [2.05, 4.69) is 10.2 Å². The van der Waals surface area contributed by atoms with Crippen LogP contribution in [0.5, 0.6) is 0 Å². The Labute approximate surface area is 111 Å². The topological polar surface area (TPSA) is 45.5 Å². The maximum absolute atomic E-state index is 12.3. The number of carbonyl (C=O) groups excluding carboxylic acids is 1. The lowest BCUT2D eigenvalue weighted by Crippen LogP contribution is -2.43. The summed E-state index contributed by atoms with van der Waals surface area (Å²) < 4.78 is 5.13. The predicted molar refractivity (Wildman–Crippen MR) is 72.0 cm³/mol. The predicted octanol–water partition coefficient (Wildman–Crippen LogP) is 1.87. The summed E-state index contributed by atoms with van der Waals surface area (Å²) in [5.41, 5.74) is 0.715. The fourth-order valence-electron chi connectivity index (χ4n) is 3.31. The van der Waals surface area contributed by atoms with E-state index in [-0.39, 0.29) is 5.91 Å². The number of nitrogens with zero attached hydrogens (tertiary/aromatic N) is 1. The summed E-state index contributed by atoms with van der Waals surface area (Å²) in [5.74, 6) is 0.670. The van der Waals surface area contributed by atoms with Crippen molar-refractivity contribution in [3.05, 3.63) is 36.3 Å². The van der Waals surface area contributed by atoms with Crippen LogP contribution in [0.4, 0.5) is 0 Å². The van der Waals surface area contributed by atoms with Crippen molar-refractivity contribution in [3.8, 4) is 0 Å². The number of rotatable bonds is 2. The first kappa shape index (κ1) is 11.1. The second-order valence-electron chi connectivity index (χ2n) is 5.60. The van der Waals surface area contributed by atoms with Crippen molar-refractivity contribution in [2.75, 3.05) is 19.6 Å². The van der Waals surface area contributed by atoms with E-state index in [0.29, 0.717) is 17.5 Å². The van der Waals surface area contributed by atoms with Gasteiger partial charge < -0.3 is 14.6 Å². The fraction of sp³-hybridized carbons (Fsp3) is 0.400. The molecule has 2 bridgehead atoms. The van der Waals surface area contributed by atoms with Crippen LogP contribution < -0.4 is 5.32 Å². The van der Waals surface area contributed by atoms with Gasteiger partial charge in [0.05, 0.1) is 12.5 Å². The summed E-state index contributed by atoms with van der Waals surface area (Å²) in [6.45, 7) is 3.34. The number of amides is 1. The molecule has 3 unspecified atom stereocenters. The van der Waals surface area contributed by atoms with Crippen LogP contribution in [-0.4, -0.2) is 36.5 Å². The number of piperidine rings is 1. The lowest BCUT2D eigenvalue weighted by Gasteiger charge is -2.23. The molecule has 1 amide bonds. The minimum Gasteiger partial charge on any atom is -0.471 e. The van der Waals surface area contributed by atoms with Gasteiger partial charge in [-0.05, 0) is 31.0 Å². The Balaban J connectivity index is 1.53. The standard InChI is InChI=1S/C15H16N2O2/c18-15(16-14-7-17-4-3-11(14)6-17)10-1-2-12-8-19-9-13(12)5-10/h1-2,5,8-9,11,14H,3-4,6-7H2,(H,16,18). The maximum Gasteiger partial charge on any atom is 0.251 e. The van der Waals surface area contributed by atoms with Crippen LogP contribution in [0.15, 0.2) is 35.1 Å². The highest BCUT2D eigenvalue weighted by Crippen LogP contribution is 2.28. The highest BCUT2D eigenvalue weighted by molar-refractivity contribution is 5.98. The molecule has 0 saturated carbocycles. The van der Waals surface area contributed by atoms with Crippen LogP contribution in [0.1, 0.15) is 16.8 Å². The number of fused-ring (bicyclic) bond motifs is 3. The molecule has 0 radical (unpaired) electrons. The summed E-state index contributed by atoms with van der Waals surface area (Å²) in [4.78, 5) is 14.7. The first-order valence-electron chi connectivity index (χ1n) is 6.79. The molecule has 19 heavy (non-hydrogen) atoms. The third-order valence-electron chi connectivity index (χ3n) is 4.39. The Morgan fingerprint density at radius 3 is 2.95 bits per heavy atom. The van der Waals surface area contributed by atoms with Crippen LogP contribution in [0.2, 0.25) is 0 Å². The number of nitrogens with one attached hydrogen (secondary N) is 1. The molecule has 98 valence electrons. The number of benzene rings is 1. The van der Waals surface area contributed by atoms with Gasteiger partial charge in [0.1, 0.15) is 0 Å². The highest BCUT2D eigenvalue weighted by atomic mass is 16.3. The smallest absolute Gasteiger partial charge is 0.251 e. The number of hydrogen-bond donors (Lipinski definition) is 1. The van der Waals surface area contributed by atoms with Crippen molar-refractivity contribution in [1.29, 1.82) is 0 Å². The molecule has 1 aromatic carbocycles. The van der Waals surface area contributed by atoms with Gasteiger partial charge in [0.25, 0.3) is 5.91 Å². The van der Waals surface area contributed by atoms with Crippen molar-refractivity contribution in [2.24, 2.45) is 5.92 Å². The zero-order chi connectivity index (χ0) is 12.8. The van der Waals surface area contributed by atoms with E-state index in [4.69, 9.17) is 4.42 Å². The Morgan fingerprint density at radius 2 is 2.16 bits per heavy atom. The van der Waals surface area contributed by atoms with Crippen LogP contribution in [0, 0.1) is 5.92 Å². The quantitative estimate of drug-likeness (QED) is 0.892. The number of carbonyl (C=O) groups is 1. The normalized spacial score (nSPS) is 28.9. The van der Waals surface area contributed by atoms with E-state index in [1.165, 1.54) is 13.0 Å². The van der Waals surface area contributed by atoms with Crippen LogP contribution in [0.3, 0.4) is 0 Å². The molecule has 4 nitrogen and oxygen atoms in total. The average molecular weight is 256 g/mol. The lowest BCUT2D eigenvalue weighted by atomic mass is 9.99. The highest BCUT2D eigenvalue weighted by Gasteiger charge is 2.38. The van der Waals surface area contributed by atoms with Crippen molar-refractivity contribution in [1.82, 2.24) is 10.2 Å². The first-order chi connectivity index (χ1) is 9.29. The molecule has 0 spiro atoms. The molecule has 2 aromatic rings. The fourth-order valence-corrected chi connectivity index (χ4v) is 3.31. The Morgan fingerprint density at radius 1 is 1.26 bits per heavy atom. The van der Waals surface area contributed by atoms with Crippen LogP contribution >= 0.6 is 0 Å². The third-order valence-corrected chi connectivity index (χ3v) is 4.39. The van der Waals surface area contributed by atoms with Gasteiger partial charge in [-0.25, -0.2) is 0 Å². The number of furan rings is 1. The molecule has 2 fully saturated rings. The summed E-state index contributed by atoms with van der Waals surface area (Å²) in [6.07, 6.45) is 4.58. The van der Waals surface area contributed by atoms with E-state index in [0.717, 1.165) is 23.9 Å². The van der Waals surface area contributed by atoms with Gasteiger partial charge in [0.2, 0.25) is 0 Å². The largest absolute Gasteiger partial charge is 0.471 e. The van der Waals surface area contributed by atoms with E-state index in [1.54, 1.807) is 12.5 Å². The Bertz CT molecular complexity index is 634. The Hall–Kier alpha value is -1.81. The second kappa shape index (κ2) is 4.10. The molecule has 0 aliphatic carbocycles. The molecule has 3 atom stereocenters.